The monoisotopic (exact) mass is 844 g/mol. The number of likely N-dealkylation sites (N-methyl/N-ethyl adjacent to an activating group) is 1. The van der Waals surface area contributed by atoms with Crippen LogP contribution in [-0.4, -0.2) is 157 Å². The Labute approximate surface area is 350 Å². The van der Waals surface area contributed by atoms with Crippen LogP contribution in [0.4, 0.5) is 21.0 Å². The highest BCUT2D eigenvalue weighted by Crippen LogP contribution is 2.42. The number of hydrogen-bond donors (Lipinski definition) is 2. The van der Waals surface area contributed by atoms with E-state index in [1.807, 2.05) is 57.0 Å². The number of halogens is 2. The second-order valence-corrected chi connectivity index (χ2v) is 15.3. The Morgan fingerprint density at radius 3 is 1.95 bits per heavy atom. The molecule has 0 spiro atoms. The van der Waals surface area contributed by atoms with Gasteiger partial charge in [0.05, 0.1) is 84.3 Å². The van der Waals surface area contributed by atoms with Crippen LogP contribution in [0, 0.1) is 5.82 Å². The molecule has 15 nitrogen and oxygen atoms in total. The predicted molar refractivity (Wildman–Crippen MR) is 226 cm³/mol. The lowest BCUT2D eigenvalue weighted by Gasteiger charge is -2.36. The van der Waals surface area contributed by atoms with Crippen molar-refractivity contribution in [2.24, 2.45) is 5.73 Å². The minimum absolute atomic E-state index is 0.0137. The third-order valence-corrected chi connectivity index (χ3v) is 9.53. The Morgan fingerprint density at radius 1 is 0.814 bits per heavy atom. The van der Waals surface area contributed by atoms with E-state index in [1.54, 1.807) is 21.9 Å². The third kappa shape index (κ3) is 13.7. The van der Waals surface area contributed by atoms with E-state index >= 15 is 4.39 Å². The van der Waals surface area contributed by atoms with Crippen LogP contribution >= 0.6 is 11.6 Å². The van der Waals surface area contributed by atoms with E-state index in [4.69, 9.17) is 60.5 Å². The lowest BCUT2D eigenvalue weighted by Crippen LogP contribution is -2.50. The van der Waals surface area contributed by atoms with Gasteiger partial charge in [-0.1, -0.05) is 35.9 Å². The van der Waals surface area contributed by atoms with Crippen LogP contribution in [0.25, 0.3) is 32.8 Å². The van der Waals surface area contributed by atoms with Crippen molar-refractivity contribution in [2.75, 3.05) is 135 Å². The maximum atomic E-state index is 17.0. The van der Waals surface area contributed by atoms with Crippen molar-refractivity contribution in [1.29, 1.82) is 0 Å². The van der Waals surface area contributed by atoms with E-state index in [-0.39, 0.29) is 33.9 Å². The number of rotatable bonds is 23. The van der Waals surface area contributed by atoms with Crippen molar-refractivity contribution in [3.63, 3.8) is 0 Å². The quantitative estimate of drug-likeness (QED) is 0.0901. The molecule has 1 saturated heterocycles. The molecule has 3 aromatic carbocycles. The number of nitrogens with two attached hydrogens (primary N) is 1. The van der Waals surface area contributed by atoms with Crippen molar-refractivity contribution >= 4 is 51.1 Å². The number of benzene rings is 3. The topological polar surface area (TPSA) is 163 Å². The lowest BCUT2D eigenvalue weighted by molar-refractivity contribution is -0.0160. The van der Waals surface area contributed by atoms with Crippen LogP contribution in [0.3, 0.4) is 0 Å². The molecule has 4 aromatic rings. The van der Waals surface area contributed by atoms with Crippen LogP contribution in [0.1, 0.15) is 20.8 Å². The molecule has 59 heavy (non-hydrogen) atoms. The summed E-state index contributed by atoms with van der Waals surface area (Å²) in [5.74, 6) is 0.132. The van der Waals surface area contributed by atoms with Crippen LogP contribution in [-0.2, 0) is 33.2 Å². The minimum Gasteiger partial charge on any atom is -0.508 e. The summed E-state index contributed by atoms with van der Waals surface area (Å²) in [6.45, 7) is 13.4. The maximum Gasteiger partial charge on any atom is 0.410 e. The average Bonchev–Trinajstić information content (AvgIpc) is 3.20. The van der Waals surface area contributed by atoms with Gasteiger partial charge in [0.25, 0.3) is 0 Å². The summed E-state index contributed by atoms with van der Waals surface area (Å²) in [7, 11) is 1.82. The Morgan fingerprint density at radius 2 is 1.37 bits per heavy atom. The van der Waals surface area contributed by atoms with Gasteiger partial charge in [-0.05, 0) is 55.3 Å². The number of phenols is 1. The standard InChI is InChI=1S/C42H58ClFN6O9/c1-42(2,3)59-41(52)50-12-10-49(11-13-50)39-34-29-35(43)36(33-28-31(51)27-30-7-5-6-8-32(30)33)37(44)38(34)46-40(47-39)48(4)14-16-54-18-20-56-22-24-58-26-25-57-23-21-55-19-17-53-15-9-45/h5-8,27-29,51H,9-26,45H2,1-4H3. The molecule has 0 aliphatic carbocycles. The summed E-state index contributed by atoms with van der Waals surface area (Å²) in [6, 6.07) is 12.2. The number of carbonyl (C=O) groups excluding carboxylic acids is 1. The number of aromatic nitrogens is 2. The molecule has 3 N–H and O–H groups in total. The number of amides is 1. The highest BCUT2D eigenvalue weighted by atomic mass is 35.5. The third-order valence-electron chi connectivity index (χ3n) is 9.23. The zero-order valence-corrected chi connectivity index (χ0v) is 35.3. The summed E-state index contributed by atoms with van der Waals surface area (Å²) in [4.78, 5) is 28.0. The number of aromatic hydroxyl groups is 1. The Balaban J connectivity index is 1.18. The second-order valence-electron chi connectivity index (χ2n) is 14.8. The zero-order chi connectivity index (χ0) is 42.2. The Bertz CT molecular complexity index is 1950. The molecule has 0 atom stereocenters. The summed E-state index contributed by atoms with van der Waals surface area (Å²) in [6.07, 6.45) is -0.388. The molecule has 1 aliphatic heterocycles. The molecule has 5 rings (SSSR count). The van der Waals surface area contributed by atoms with E-state index in [2.05, 4.69) is 0 Å². The highest BCUT2D eigenvalue weighted by Gasteiger charge is 2.29. The Hall–Kier alpha value is -4.13. The van der Waals surface area contributed by atoms with Gasteiger partial charge in [0.15, 0.2) is 5.82 Å². The van der Waals surface area contributed by atoms with Gasteiger partial charge in [-0.15, -0.1) is 0 Å². The Kier molecular flexibility index (Phi) is 17.9. The first kappa shape index (κ1) is 45.9. The van der Waals surface area contributed by atoms with Crippen molar-refractivity contribution in [3.8, 4) is 16.9 Å². The van der Waals surface area contributed by atoms with Crippen molar-refractivity contribution < 1.29 is 47.4 Å². The number of anilines is 2. The van der Waals surface area contributed by atoms with E-state index in [1.165, 1.54) is 6.07 Å². The van der Waals surface area contributed by atoms with Gasteiger partial charge >= 0.3 is 6.09 Å². The fourth-order valence-electron chi connectivity index (χ4n) is 6.34. The number of fused-ring (bicyclic) bond motifs is 2. The number of hydrogen-bond acceptors (Lipinski definition) is 14. The molecule has 1 amide bonds. The summed E-state index contributed by atoms with van der Waals surface area (Å²) in [5, 5.41) is 12.6. The summed E-state index contributed by atoms with van der Waals surface area (Å²) < 4.78 is 55.7. The molecule has 1 fully saturated rings. The predicted octanol–water partition coefficient (Wildman–Crippen LogP) is 5.50. The molecule has 2 heterocycles. The zero-order valence-electron chi connectivity index (χ0n) is 34.6. The lowest BCUT2D eigenvalue weighted by atomic mass is 9.96. The fourth-order valence-corrected chi connectivity index (χ4v) is 6.64. The van der Waals surface area contributed by atoms with Gasteiger partial charge in [-0.2, -0.15) is 4.98 Å². The van der Waals surface area contributed by atoms with Gasteiger partial charge in [0.1, 0.15) is 22.7 Å². The first-order valence-corrected chi connectivity index (χ1v) is 20.4. The highest BCUT2D eigenvalue weighted by molar-refractivity contribution is 6.35. The van der Waals surface area contributed by atoms with Gasteiger partial charge in [-0.25, -0.2) is 14.2 Å². The summed E-state index contributed by atoms with van der Waals surface area (Å²) >= 11 is 6.90. The van der Waals surface area contributed by atoms with E-state index < -0.39 is 11.4 Å². The SMILES string of the molecule is CN(CCOCCOCCOCCOCCOCCOCCN)c1nc(N2CCN(C(=O)OC(C)(C)C)CC2)c2cc(Cl)c(-c3cc(O)cc4ccccc34)c(F)c2n1. The summed E-state index contributed by atoms with van der Waals surface area (Å²) in [5.41, 5.74) is 5.40. The van der Waals surface area contributed by atoms with Gasteiger partial charge in [-0.3, -0.25) is 0 Å². The number of piperazine rings is 1. The van der Waals surface area contributed by atoms with E-state index in [0.29, 0.717) is 135 Å². The molecule has 17 heteroatoms. The van der Waals surface area contributed by atoms with Crippen LogP contribution in [0.15, 0.2) is 42.5 Å². The van der Waals surface area contributed by atoms with Gasteiger partial charge in [0, 0.05) is 57.3 Å². The number of nitrogens with zero attached hydrogens (tertiary/aromatic N) is 5. The minimum atomic E-state index is -0.635. The van der Waals surface area contributed by atoms with Crippen molar-refractivity contribution in [2.45, 2.75) is 26.4 Å². The fraction of sp³-hybridized carbons (Fsp3) is 0.548. The van der Waals surface area contributed by atoms with Crippen molar-refractivity contribution in [1.82, 2.24) is 14.9 Å². The molecular formula is C42H58ClFN6O9. The van der Waals surface area contributed by atoms with E-state index in [0.717, 1.165) is 10.8 Å². The molecule has 0 saturated carbocycles. The molecule has 0 unspecified atom stereocenters. The number of carbonyl (C=O) groups is 1. The first-order chi connectivity index (χ1) is 28.5. The number of ether oxygens (including phenoxy) is 7. The molecular weight excluding hydrogens is 787 g/mol. The molecule has 324 valence electrons. The van der Waals surface area contributed by atoms with Crippen LogP contribution in [0.5, 0.6) is 5.75 Å². The molecule has 0 radical (unpaired) electrons. The average molecular weight is 845 g/mol. The van der Waals surface area contributed by atoms with Crippen LogP contribution in [0.2, 0.25) is 5.02 Å². The molecule has 0 bridgehead atoms. The second kappa shape index (κ2) is 23.0. The first-order valence-electron chi connectivity index (χ1n) is 20.0. The molecule has 1 aromatic heterocycles. The van der Waals surface area contributed by atoms with Crippen molar-refractivity contribution in [3.05, 3.63) is 53.3 Å². The van der Waals surface area contributed by atoms with Crippen LogP contribution < -0.4 is 15.5 Å². The normalized spacial score (nSPS) is 13.5. The smallest absolute Gasteiger partial charge is 0.410 e. The largest absolute Gasteiger partial charge is 0.508 e. The van der Waals surface area contributed by atoms with Gasteiger partial charge in [0.2, 0.25) is 5.95 Å². The number of phenolic OH excluding ortho intramolecular Hbond substituents is 1. The maximum absolute atomic E-state index is 17.0. The molecule has 1 aliphatic rings. The van der Waals surface area contributed by atoms with Gasteiger partial charge < -0.3 is 58.7 Å². The van der Waals surface area contributed by atoms with E-state index in [9.17, 15) is 9.90 Å².